The van der Waals surface area contributed by atoms with Crippen molar-refractivity contribution in [1.29, 1.82) is 0 Å². The molecule has 2 rings (SSSR count). The summed E-state index contributed by atoms with van der Waals surface area (Å²) < 4.78 is 0. The molecule has 90 valence electrons. The van der Waals surface area contributed by atoms with Gasteiger partial charge in [-0.05, 0) is 30.2 Å². The van der Waals surface area contributed by atoms with E-state index in [1.807, 2.05) is 31.6 Å². The van der Waals surface area contributed by atoms with Crippen LogP contribution >= 0.6 is 11.3 Å². The van der Waals surface area contributed by atoms with Crippen LogP contribution in [-0.2, 0) is 13.2 Å². The normalized spacial score (nSPS) is 10.5. The summed E-state index contributed by atoms with van der Waals surface area (Å²) in [5.74, 6) is 0. The van der Waals surface area contributed by atoms with E-state index in [2.05, 4.69) is 21.3 Å². The maximum absolute atomic E-state index is 9.13. The number of aromatic nitrogens is 1. The summed E-state index contributed by atoms with van der Waals surface area (Å²) in [6.07, 6.45) is 0. The molecule has 0 aliphatic rings. The van der Waals surface area contributed by atoms with Crippen LogP contribution in [-0.4, -0.2) is 17.1 Å². The Morgan fingerprint density at radius 1 is 1.41 bits per heavy atom. The lowest BCUT2D eigenvalue weighted by atomic mass is 10.1. The van der Waals surface area contributed by atoms with Crippen molar-refractivity contribution in [3.63, 3.8) is 0 Å². The molecule has 0 unspecified atom stereocenters. The Morgan fingerprint density at radius 2 is 2.24 bits per heavy atom. The van der Waals surface area contributed by atoms with E-state index in [1.54, 1.807) is 11.3 Å². The zero-order valence-corrected chi connectivity index (χ0v) is 10.9. The highest BCUT2D eigenvalue weighted by Crippen LogP contribution is 2.20. The Bertz CT molecular complexity index is 482. The molecule has 2 aromatic rings. The van der Waals surface area contributed by atoms with Gasteiger partial charge in [0.15, 0.2) is 0 Å². The second-order valence-electron chi connectivity index (χ2n) is 4.10. The first-order chi connectivity index (χ1) is 8.20. The molecule has 0 saturated heterocycles. The fraction of sp³-hybridized carbons (Fsp3) is 0.308. The Balaban J connectivity index is 2.14. The fourth-order valence-corrected chi connectivity index (χ4v) is 2.29. The average Bonchev–Trinajstić information content (AvgIpc) is 2.81. The molecule has 0 fully saturated rings. The van der Waals surface area contributed by atoms with Gasteiger partial charge in [0.1, 0.15) is 0 Å². The lowest BCUT2D eigenvalue weighted by Gasteiger charge is -2.19. The van der Waals surface area contributed by atoms with Crippen LogP contribution in [0.1, 0.15) is 16.8 Å². The number of hydrogen-bond acceptors (Lipinski definition) is 4. The van der Waals surface area contributed by atoms with Crippen LogP contribution in [0.25, 0.3) is 0 Å². The number of benzene rings is 1. The molecule has 1 aromatic carbocycles. The van der Waals surface area contributed by atoms with Crippen LogP contribution in [0.2, 0.25) is 0 Å². The van der Waals surface area contributed by atoms with Crippen LogP contribution in [0.15, 0.2) is 29.1 Å². The minimum absolute atomic E-state index is 0.0991. The van der Waals surface area contributed by atoms with Crippen molar-refractivity contribution in [2.45, 2.75) is 20.1 Å². The van der Waals surface area contributed by atoms with Gasteiger partial charge < -0.3 is 10.0 Å². The summed E-state index contributed by atoms with van der Waals surface area (Å²) >= 11 is 1.62. The molecular formula is C13H16N2OS. The topological polar surface area (TPSA) is 36.4 Å². The monoisotopic (exact) mass is 248 g/mol. The highest BCUT2D eigenvalue weighted by atomic mass is 32.1. The molecule has 4 heteroatoms. The highest BCUT2D eigenvalue weighted by molar-refractivity contribution is 7.07. The molecule has 0 amide bonds. The van der Waals surface area contributed by atoms with E-state index in [0.717, 1.165) is 29.1 Å². The third-order valence-electron chi connectivity index (χ3n) is 2.82. The van der Waals surface area contributed by atoms with Crippen molar-refractivity contribution in [2.24, 2.45) is 0 Å². The summed E-state index contributed by atoms with van der Waals surface area (Å²) in [4.78, 5) is 6.43. The first kappa shape index (κ1) is 12.1. The van der Waals surface area contributed by atoms with E-state index >= 15 is 0 Å². The predicted octanol–water partition coefficient (Wildman–Crippen LogP) is 2.58. The molecule has 0 saturated carbocycles. The molecule has 1 aromatic heterocycles. The van der Waals surface area contributed by atoms with Crippen molar-refractivity contribution in [1.82, 2.24) is 4.98 Å². The molecule has 0 radical (unpaired) electrons. The molecule has 0 aliphatic heterocycles. The SMILES string of the molecule is Cc1cc(N(C)Cc2cscn2)ccc1CO. The van der Waals surface area contributed by atoms with Gasteiger partial charge >= 0.3 is 0 Å². The largest absolute Gasteiger partial charge is 0.392 e. The van der Waals surface area contributed by atoms with Gasteiger partial charge in [-0.1, -0.05) is 6.07 Å². The number of aliphatic hydroxyl groups is 1. The molecule has 17 heavy (non-hydrogen) atoms. The van der Waals surface area contributed by atoms with E-state index in [0.29, 0.717) is 0 Å². The lowest BCUT2D eigenvalue weighted by molar-refractivity contribution is 0.281. The average molecular weight is 248 g/mol. The molecule has 1 N–H and O–H groups in total. The van der Waals surface area contributed by atoms with E-state index < -0.39 is 0 Å². The Morgan fingerprint density at radius 3 is 2.82 bits per heavy atom. The summed E-state index contributed by atoms with van der Waals surface area (Å²) in [5, 5.41) is 11.2. The van der Waals surface area contributed by atoms with Crippen molar-refractivity contribution < 1.29 is 5.11 Å². The maximum atomic E-state index is 9.13. The van der Waals surface area contributed by atoms with Crippen molar-refractivity contribution in [3.8, 4) is 0 Å². The second kappa shape index (κ2) is 5.29. The van der Waals surface area contributed by atoms with E-state index in [-0.39, 0.29) is 6.61 Å². The van der Waals surface area contributed by atoms with Gasteiger partial charge in [-0.3, -0.25) is 0 Å². The van der Waals surface area contributed by atoms with Crippen molar-refractivity contribution in [2.75, 3.05) is 11.9 Å². The molecule has 1 heterocycles. The van der Waals surface area contributed by atoms with E-state index in [9.17, 15) is 0 Å². The number of aryl methyl sites for hydroxylation is 1. The van der Waals surface area contributed by atoms with Gasteiger partial charge in [-0.15, -0.1) is 11.3 Å². The van der Waals surface area contributed by atoms with Gasteiger partial charge in [-0.25, -0.2) is 4.98 Å². The van der Waals surface area contributed by atoms with Crippen LogP contribution in [0.3, 0.4) is 0 Å². The molecule has 0 aliphatic carbocycles. The minimum Gasteiger partial charge on any atom is -0.392 e. The number of hydrogen-bond donors (Lipinski definition) is 1. The molecular weight excluding hydrogens is 232 g/mol. The Kier molecular flexibility index (Phi) is 3.76. The molecule has 3 nitrogen and oxygen atoms in total. The minimum atomic E-state index is 0.0991. The summed E-state index contributed by atoms with van der Waals surface area (Å²) in [6, 6.07) is 6.10. The van der Waals surface area contributed by atoms with Gasteiger partial charge in [-0.2, -0.15) is 0 Å². The van der Waals surface area contributed by atoms with Gasteiger partial charge in [0, 0.05) is 18.1 Å². The number of thiazole rings is 1. The van der Waals surface area contributed by atoms with Crippen LogP contribution in [0.4, 0.5) is 5.69 Å². The Labute approximate surface area is 105 Å². The van der Waals surface area contributed by atoms with Gasteiger partial charge in [0.05, 0.1) is 24.4 Å². The Hall–Kier alpha value is -1.39. The highest BCUT2D eigenvalue weighted by Gasteiger charge is 2.05. The predicted molar refractivity (Wildman–Crippen MR) is 71.3 cm³/mol. The summed E-state index contributed by atoms with van der Waals surface area (Å²) in [7, 11) is 2.05. The number of aliphatic hydroxyl groups excluding tert-OH is 1. The quantitative estimate of drug-likeness (QED) is 0.903. The number of rotatable bonds is 4. The summed E-state index contributed by atoms with van der Waals surface area (Å²) in [5.41, 5.74) is 6.18. The second-order valence-corrected chi connectivity index (χ2v) is 4.82. The summed E-state index contributed by atoms with van der Waals surface area (Å²) in [6.45, 7) is 2.93. The molecule has 0 atom stereocenters. The zero-order chi connectivity index (χ0) is 12.3. The molecule has 0 bridgehead atoms. The van der Waals surface area contributed by atoms with Crippen LogP contribution < -0.4 is 4.90 Å². The lowest BCUT2D eigenvalue weighted by Crippen LogP contribution is -2.16. The van der Waals surface area contributed by atoms with E-state index in [4.69, 9.17) is 5.11 Å². The van der Waals surface area contributed by atoms with Gasteiger partial charge in [0.25, 0.3) is 0 Å². The zero-order valence-electron chi connectivity index (χ0n) is 10.1. The van der Waals surface area contributed by atoms with E-state index in [1.165, 1.54) is 0 Å². The number of nitrogens with zero attached hydrogens (tertiary/aromatic N) is 2. The first-order valence-corrected chi connectivity index (χ1v) is 6.43. The van der Waals surface area contributed by atoms with Crippen molar-refractivity contribution in [3.05, 3.63) is 45.9 Å². The van der Waals surface area contributed by atoms with Crippen LogP contribution in [0, 0.1) is 6.92 Å². The van der Waals surface area contributed by atoms with Crippen molar-refractivity contribution >= 4 is 17.0 Å². The van der Waals surface area contributed by atoms with Gasteiger partial charge in [0.2, 0.25) is 0 Å². The standard InChI is InChI=1S/C13H16N2OS/c1-10-5-13(4-3-11(10)7-16)15(2)6-12-8-17-9-14-12/h3-5,8-9,16H,6-7H2,1-2H3. The smallest absolute Gasteiger partial charge is 0.0795 e. The third kappa shape index (κ3) is 2.84. The van der Waals surface area contributed by atoms with Crippen LogP contribution in [0.5, 0.6) is 0 Å². The molecule has 0 spiro atoms. The first-order valence-electron chi connectivity index (χ1n) is 5.49. The third-order valence-corrected chi connectivity index (χ3v) is 3.46. The number of anilines is 1. The maximum Gasteiger partial charge on any atom is 0.0795 e. The fourth-order valence-electron chi connectivity index (χ4n) is 1.74.